The SMILES string of the molecule is Nc1cc(CSC2CCOCC2)ccc1[N+](=O)[O-]. The average molecular weight is 268 g/mol. The number of rotatable bonds is 4. The summed E-state index contributed by atoms with van der Waals surface area (Å²) in [5.74, 6) is 0.840. The molecule has 1 heterocycles. The summed E-state index contributed by atoms with van der Waals surface area (Å²) >= 11 is 1.87. The van der Waals surface area contributed by atoms with Crippen LogP contribution in [-0.4, -0.2) is 23.4 Å². The number of nitrogens with zero attached hydrogens (tertiary/aromatic N) is 1. The van der Waals surface area contributed by atoms with Crippen molar-refractivity contribution in [3.05, 3.63) is 33.9 Å². The highest BCUT2D eigenvalue weighted by molar-refractivity contribution is 7.99. The Hall–Kier alpha value is -1.27. The molecular formula is C12H16N2O3S. The first-order chi connectivity index (χ1) is 8.66. The van der Waals surface area contributed by atoms with Gasteiger partial charge < -0.3 is 10.5 Å². The van der Waals surface area contributed by atoms with E-state index < -0.39 is 4.92 Å². The zero-order valence-electron chi connectivity index (χ0n) is 10.0. The fraction of sp³-hybridized carbons (Fsp3) is 0.500. The summed E-state index contributed by atoms with van der Waals surface area (Å²) in [6, 6.07) is 4.96. The van der Waals surface area contributed by atoms with Gasteiger partial charge >= 0.3 is 0 Å². The van der Waals surface area contributed by atoms with Crippen molar-refractivity contribution in [2.24, 2.45) is 0 Å². The van der Waals surface area contributed by atoms with E-state index in [9.17, 15) is 10.1 Å². The van der Waals surface area contributed by atoms with Crippen molar-refractivity contribution in [2.45, 2.75) is 23.8 Å². The lowest BCUT2D eigenvalue weighted by Gasteiger charge is -2.21. The zero-order chi connectivity index (χ0) is 13.0. The van der Waals surface area contributed by atoms with E-state index in [1.807, 2.05) is 11.8 Å². The fourth-order valence-electron chi connectivity index (χ4n) is 1.92. The van der Waals surface area contributed by atoms with Crippen LogP contribution in [0.15, 0.2) is 18.2 Å². The first-order valence-electron chi connectivity index (χ1n) is 5.89. The average Bonchev–Trinajstić information content (AvgIpc) is 2.37. The molecule has 0 radical (unpaired) electrons. The summed E-state index contributed by atoms with van der Waals surface area (Å²) in [5.41, 5.74) is 6.92. The van der Waals surface area contributed by atoms with Gasteiger partial charge in [-0.3, -0.25) is 10.1 Å². The molecule has 0 spiro atoms. The lowest BCUT2D eigenvalue weighted by atomic mass is 10.2. The van der Waals surface area contributed by atoms with E-state index in [-0.39, 0.29) is 11.4 Å². The van der Waals surface area contributed by atoms with Gasteiger partial charge in [-0.05, 0) is 24.5 Å². The van der Waals surface area contributed by atoms with E-state index >= 15 is 0 Å². The van der Waals surface area contributed by atoms with Crippen molar-refractivity contribution in [3.63, 3.8) is 0 Å². The predicted molar refractivity (Wildman–Crippen MR) is 72.6 cm³/mol. The van der Waals surface area contributed by atoms with E-state index in [4.69, 9.17) is 10.5 Å². The standard InChI is InChI=1S/C12H16N2O3S/c13-11-7-9(1-2-12(11)14(15)16)8-18-10-3-5-17-6-4-10/h1-2,7,10H,3-6,8,13H2. The predicted octanol–water partition coefficient (Wildman–Crippen LogP) is 2.59. The highest BCUT2D eigenvalue weighted by Gasteiger charge is 2.15. The lowest BCUT2D eigenvalue weighted by Crippen LogP contribution is -2.17. The van der Waals surface area contributed by atoms with Gasteiger partial charge in [0.25, 0.3) is 5.69 Å². The summed E-state index contributed by atoms with van der Waals surface area (Å²) in [6.45, 7) is 1.67. The maximum absolute atomic E-state index is 10.6. The Morgan fingerprint density at radius 1 is 1.44 bits per heavy atom. The maximum Gasteiger partial charge on any atom is 0.292 e. The molecule has 1 aliphatic rings. The van der Waals surface area contributed by atoms with Crippen LogP contribution in [-0.2, 0) is 10.5 Å². The van der Waals surface area contributed by atoms with Crippen molar-refractivity contribution in [1.82, 2.24) is 0 Å². The fourth-order valence-corrected chi connectivity index (χ4v) is 3.05. The summed E-state index contributed by atoms with van der Waals surface area (Å²) in [4.78, 5) is 10.2. The monoisotopic (exact) mass is 268 g/mol. The Labute approximate surface area is 110 Å². The van der Waals surface area contributed by atoms with Crippen LogP contribution in [0.4, 0.5) is 11.4 Å². The number of hydrogen-bond donors (Lipinski definition) is 1. The van der Waals surface area contributed by atoms with Crippen molar-refractivity contribution in [2.75, 3.05) is 18.9 Å². The van der Waals surface area contributed by atoms with Crippen molar-refractivity contribution >= 4 is 23.1 Å². The highest BCUT2D eigenvalue weighted by Crippen LogP contribution is 2.28. The van der Waals surface area contributed by atoms with Crippen LogP contribution in [0.25, 0.3) is 0 Å². The highest BCUT2D eigenvalue weighted by atomic mass is 32.2. The first-order valence-corrected chi connectivity index (χ1v) is 6.94. The molecule has 1 fully saturated rings. The second-order valence-electron chi connectivity index (χ2n) is 4.27. The van der Waals surface area contributed by atoms with Crippen molar-refractivity contribution in [1.29, 1.82) is 0 Å². The molecule has 2 rings (SSSR count). The molecule has 0 atom stereocenters. The second kappa shape index (κ2) is 6.06. The summed E-state index contributed by atoms with van der Waals surface area (Å²) < 4.78 is 5.30. The number of anilines is 1. The van der Waals surface area contributed by atoms with Gasteiger partial charge in [0.05, 0.1) is 4.92 Å². The van der Waals surface area contributed by atoms with Crippen LogP contribution in [0.3, 0.4) is 0 Å². The van der Waals surface area contributed by atoms with Crippen LogP contribution in [0.2, 0.25) is 0 Å². The van der Waals surface area contributed by atoms with E-state index in [0.29, 0.717) is 5.25 Å². The van der Waals surface area contributed by atoms with E-state index in [0.717, 1.165) is 37.4 Å². The molecule has 1 saturated heterocycles. The van der Waals surface area contributed by atoms with Crippen LogP contribution in [0.1, 0.15) is 18.4 Å². The smallest absolute Gasteiger partial charge is 0.292 e. The van der Waals surface area contributed by atoms with Crippen molar-refractivity contribution < 1.29 is 9.66 Å². The minimum absolute atomic E-state index is 0.0187. The van der Waals surface area contributed by atoms with Crippen molar-refractivity contribution in [3.8, 4) is 0 Å². The summed E-state index contributed by atoms with van der Waals surface area (Å²) in [5, 5.41) is 11.3. The maximum atomic E-state index is 10.6. The third kappa shape index (κ3) is 3.36. The zero-order valence-corrected chi connectivity index (χ0v) is 10.8. The number of ether oxygens (including phenoxy) is 1. The number of nitrogen functional groups attached to an aromatic ring is 1. The Bertz CT molecular complexity index is 433. The van der Waals surface area contributed by atoms with Gasteiger partial charge in [-0.25, -0.2) is 0 Å². The molecule has 2 N–H and O–H groups in total. The van der Waals surface area contributed by atoms with E-state index in [1.165, 1.54) is 6.07 Å². The van der Waals surface area contributed by atoms with Crippen LogP contribution in [0, 0.1) is 10.1 Å². The van der Waals surface area contributed by atoms with E-state index in [2.05, 4.69) is 0 Å². The number of nitro groups is 1. The van der Waals surface area contributed by atoms with Crippen LogP contribution in [0.5, 0.6) is 0 Å². The minimum Gasteiger partial charge on any atom is -0.393 e. The van der Waals surface area contributed by atoms with Gasteiger partial charge in [-0.2, -0.15) is 11.8 Å². The Morgan fingerprint density at radius 3 is 2.78 bits per heavy atom. The van der Waals surface area contributed by atoms with Gasteiger partial charge in [0.2, 0.25) is 0 Å². The Morgan fingerprint density at radius 2 is 2.17 bits per heavy atom. The lowest BCUT2D eigenvalue weighted by molar-refractivity contribution is -0.383. The molecular weight excluding hydrogens is 252 g/mol. The first kappa shape index (κ1) is 13.2. The molecule has 98 valence electrons. The minimum atomic E-state index is -0.454. The molecule has 1 aromatic rings. The van der Waals surface area contributed by atoms with Gasteiger partial charge in [0, 0.05) is 30.3 Å². The molecule has 0 amide bonds. The number of hydrogen-bond acceptors (Lipinski definition) is 5. The normalized spacial score (nSPS) is 16.7. The molecule has 18 heavy (non-hydrogen) atoms. The third-order valence-electron chi connectivity index (χ3n) is 2.94. The molecule has 0 saturated carbocycles. The van der Waals surface area contributed by atoms with Gasteiger partial charge in [0.15, 0.2) is 0 Å². The molecule has 0 unspecified atom stereocenters. The quantitative estimate of drug-likeness (QED) is 0.516. The number of nitro benzene ring substituents is 1. The van der Waals surface area contributed by atoms with E-state index in [1.54, 1.807) is 12.1 Å². The topological polar surface area (TPSA) is 78.4 Å². The Balaban J connectivity index is 1.93. The summed E-state index contributed by atoms with van der Waals surface area (Å²) in [6.07, 6.45) is 2.15. The second-order valence-corrected chi connectivity index (χ2v) is 5.56. The Kier molecular flexibility index (Phi) is 4.43. The molecule has 0 aromatic heterocycles. The number of benzene rings is 1. The van der Waals surface area contributed by atoms with Gasteiger partial charge in [0.1, 0.15) is 5.69 Å². The number of thioether (sulfide) groups is 1. The molecule has 0 aliphatic carbocycles. The van der Waals surface area contributed by atoms with Gasteiger partial charge in [-0.15, -0.1) is 0 Å². The summed E-state index contributed by atoms with van der Waals surface area (Å²) in [7, 11) is 0. The molecule has 6 heteroatoms. The largest absolute Gasteiger partial charge is 0.393 e. The van der Waals surface area contributed by atoms with Crippen LogP contribution >= 0.6 is 11.8 Å². The molecule has 1 aromatic carbocycles. The molecule has 5 nitrogen and oxygen atoms in total. The molecule has 0 bridgehead atoms. The van der Waals surface area contributed by atoms with Gasteiger partial charge in [-0.1, -0.05) is 6.07 Å². The number of nitrogens with two attached hydrogens (primary N) is 1. The molecule has 1 aliphatic heterocycles. The third-order valence-corrected chi connectivity index (χ3v) is 4.39. The van der Waals surface area contributed by atoms with Crippen LogP contribution < -0.4 is 5.73 Å².